The number of fused-ring (bicyclic) bond motifs is 1. The molecule has 6 heteroatoms. The van der Waals surface area contributed by atoms with E-state index in [1.165, 1.54) is 7.11 Å². The first-order valence-corrected chi connectivity index (χ1v) is 13.6. The van der Waals surface area contributed by atoms with Gasteiger partial charge in [-0.3, -0.25) is 0 Å². The molecule has 0 aliphatic carbocycles. The summed E-state index contributed by atoms with van der Waals surface area (Å²) in [6, 6.07) is 20.5. The molecule has 1 unspecified atom stereocenters. The second kappa shape index (κ2) is 11.2. The SMILES string of the molecule is C=C(C)/C=C\c1cccc(S(=C)(=O)Nc2ccccc2C#Cc2cnc(C(=O)OC)c3ccccc23)c1C. The van der Waals surface area contributed by atoms with E-state index in [9.17, 15) is 9.00 Å². The van der Waals surface area contributed by atoms with E-state index in [0.717, 1.165) is 22.1 Å². The molecule has 38 heavy (non-hydrogen) atoms. The lowest BCUT2D eigenvalue weighted by molar-refractivity contribution is 0.0596. The van der Waals surface area contributed by atoms with Crippen LogP contribution in [-0.2, 0) is 14.4 Å². The largest absolute Gasteiger partial charge is 0.464 e. The number of esters is 1. The Labute approximate surface area is 224 Å². The van der Waals surface area contributed by atoms with E-state index in [1.54, 1.807) is 6.20 Å². The summed E-state index contributed by atoms with van der Waals surface area (Å²) in [7, 11) is -1.57. The summed E-state index contributed by atoms with van der Waals surface area (Å²) in [6.45, 7) is 7.76. The number of benzene rings is 3. The monoisotopic (exact) mass is 520 g/mol. The van der Waals surface area contributed by atoms with E-state index >= 15 is 0 Å². The van der Waals surface area contributed by atoms with Crippen LogP contribution in [0.1, 0.15) is 39.7 Å². The van der Waals surface area contributed by atoms with E-state index in [0.29, 0.717) is 27.1 Å². The van der Waals surface area contributed by atoms with Crippen molar-refractivity contribution in [3.63, 3.8) is 0 Å². The summed E-state index contributed by atoms with van der Waals surface area (Å²) in [5.41, 5.74) is 4.91. The van der Waals surface area contributed by atoms with Crippen molar-refractivity contribution in [2.75, 3.05) is 11.8 Å². The van der Waals surface area contributed by atoms with Crippen LogP contribution in [0.2, 0.25) is 0 Å². The number of carbonyl (C=O) groups is 1. The Morgan fingerprint density at radius 1 is 1.00 bits per heavy atom. The van der Waals surface area contributed by atoms with Crippen molar-refractivity contribution in [1.82, 2.24) is 4.98 Å². The molecule has 0 aliphatic rings. The minimum Gasteiger partial charge on any atom is -0.464 e. The van der Waals surface area contributed by atoms with Gasteiger partial charge in [-0.25, -0.2) is 14.0 Å². The molecule has 1 N–H and O–H groups in total. The van der Waals surface area contributed by atoms with Crippen molar-refractivity contribution < 1.29 is 13.7 Å². The fraction of sp³-hybridized carbons (Fsp3) is 0.0938. The molecule has 0 fully saturated rings. The van der Waals surface area contributed by atoms with E-state index < -0.39 is 15.7 Å². The smallest absolute Gasteiger partial charge is 0.357 e. The maximum atomic E-state index is 13.8. The molecular weight excluding hydrogens is 492 g/mol. The second-order valence-corrected chi connectivity index (χ2v) is 10.8. The first-order chi connectivity index (χ1) is 18.2. The number of aromatic nitrogens is 1. The van der Waals surface area contributed by atoms with Crippen LogP contribution in [0.3, 0.4) is 0 Å². The van der Waals surface area contributed by atoms with Gasteiger partial charge >= 0.3 is 5.97 Å². The van der Waals surface area contributed by atoms with E-state index in [-0.39, 0.29) is 5.69 Å². The van der Waals surface area contributed by atoms with Gasteiger partial charge in [0.05, 0.1) is 33.0 Å². The van der Waals surface area contributed by atoms with Crippen molar-refractivity contribution in [1.29, 1.82) is 0 Å². The average molecular weight is 521 g/mol. The fourth-order valence-electron chi connectivity index (χ4n) is 4.00. The predicted octanol–water partition coefficient (Wildman–Crippen LogP) is 6.42. The van der Waals surface area contributed by atoms with Crippen LogP contribution in [0.25, 0.3) is 16.8 Å². The number of nitrogens with zero attached hydrogens (tertiary/aromatic N) is 1. The molecule has 5 nitrogen and oxygen atoms in total. The number of nitrogens with one attached hydrogen (secondary N) is 1. The zero-order valence-corrected chi connectivity index (χ0v) is 22.4. The van der Waals surface area contributed by atoms with Gasteiger partial charge in [-0.15, -0.1) is 0 Å². The standard InChI is InChI=1S/C32H28N2O3S/c1-22(2)17-18-24-12-10-16-30(23(24)3)38(5,36)34-29-15-9-6-11-25(29)19-20-26-21-33-31(32(35)37-4)28-14-8-7-13-27(26)28/h6-18,21H,1,5H2,2-4H3,(H,34,36)/b18-17-. The molecule has 0 aliphatic heterocycles. The first-order valence-electron chi connectivity index (χ1n) is 11.9. The summed E-state index contributed by atoms with van der Waals surface area (Å²) in [4.78, 5) is 17.1. The minimum absolute atomic E-state index is 0.239. The summed E-state index contributed by atoms with van der Waals surface area (Å²) in [6.07, 6.45) is 5.45. The first kappa shape index (κ1) is 26.5. The molecule has 1 heterocycles. The topological polar surface area (TPSA) is 68.3 Å². The van der Waals surface area contributed by atoms with Gasteiger partial charge in [0.1, 0.15) is 0 Å². The summed E-state index contributed by atoms with van der Waals surface area (Å²) < 4.78 is 21.8. The Bertz CT molecular complexity index is 1760. The van der Waals surface area contributed by atoms with Crippen LogP contribution in [0, 0.1) is 18.8 Å². The number of hydrogen-bond donors (Lipinski definition) is 1. The van der Waals surface area contributed by atoms with Crippen molar-refractivity contribution >= 4 is 44.1 Å². The number of ether oxygens (including phenoxy) is 1. The number of para-hydroxylation sites is 1. The maximum absolute atomic E-state index is 13.8. The lowest BCUT2D eigenvalue weighted by atomic mass is 10.0. The van der Waals surface area contributed by atoms with Gasteiger partial charge in [0.15, 0.2) is 5.69 Å². The molecule has 4 rings (SSSR count). The zero-order valence-electron chi connectivity index (χ0n) is 21.6. The molecule has 0 spiro atoms. The third kappa shape index (κ3) is 5.69. The van der Waals surface area contributed by atoms with Crippen LogP contribution in [0.4, 0.5) is 5.69 Å². The summed E-state index contributed by atoms with van der Waals surface area (Å²) >= 11 is 0. The Balaban J connectivity index is 1.71. The van der Waals surface area contributed by atoms with E-state index in [4.69, 9.17) is 4.74 Å². The minimum atomic E-state index is -2.90. The highest BCUT2D eigenvalue weighted by atomic mass is 32.2. The third-order valence-electron chi connectivity index (χ3n) is 5.94. The Morgan fingerprint density at radius 3 is 2.42 bits per heavy atom. The van der Waals surface area contributed by atoms with Crippen molar-refractivity contribution in [2.24, 2.45) is 0 Å². The molecule has 0 amide bonds. The van der Waals surface area contributed by atoms with Gasteiger partial charge in [-0.05, 0) is 49.0 Å². The van der Waals surface area contributed by atoms with Crippen LogP contribution in [0.5, 0.6) is 0 Å². The summed E-state index contributed by atoms with van der Waals surface area (Å²) in [5, 5.41) is 1.45. The Kier molecular flexibility index (Phi) is 7.80. The third-order valence-corrected chi connectivity index (χ3v) is 7.64. The van der Waals surface area contributed by atoms with E-state index in [1.807, 2.05) is 92.7 Å². The van der Waals surface area contributed by atoms with E-state index in [2.05, 4.69) is 34.0 Å². The van der Waals surface area contributed by atoms with Crippen LogP contribution in [0.15, 0.2) is 96.1 Å². The number of methoxy groups -OCH3 is 1. The lowest BCUT2D eigenvalue weighted by Crippen LogP contribution is -2.15. The van der Waals surface area contributed by atoms with Gasteiger partial charge in [0.2, 0.25) is 0 Å². The number of hydrogen-bond acceptors (Lipinski definition) is 4. The molecule has 1 aromatic heterocycles. The number of pyridine rings is 1. The lowest BCUT2D eigenvalue weighted by Gasteiger charge is -2.17. The highest BCUT2D eigenvalue weighted by Gasteiger charge is 2.15. The van der Waals surface area contributed by atoms with Crippen molar-refractivity contribution in [3.8, 4) is 11.8 Å². The van der Waals surface area contributed by atoms with Gasteiger partial charge < -0.3 is 9.46 Å². The number of carbonyl (C=O) groups excluding carboxylic acids is 1. The molecule has 0 bridgehead atoms. The van der Waals surface area contributed by atoms with Crippen LogP contribution in [-0.4, -0.2) is 28.1 Å². The number of rotatable bonds is 6. The van der Waals surface area contributed by atoms with Gasteiger partial charge in [-0.1, -0.05) is 84.7 Å². The molecule has 190 valence electrons. The molecule has 0 radical (unpaired) electrons. The zero-order chi connectivity index (χ0) is 27.3. The van der Waals surface area contributed by atoms with Crippen LogP contribution >= 0.6 is 0 Å². The maximum Gasteiger partial charge on any atom is 0.357 e. The quantitative estimate of drug-likeness (QED) is 0.138. The molecule has 4 aromatic rings. The molecule has 0 saturated carbocycles. The highest BCUT2D eigenvalue weighted by Crippen LogP contribution is 2.25. The van der Waals surface area contributed by atoms with Gasteiger partial charge in [0.25, 0.3) is 0 Å². The molecule has 3 aromatic carbocycles. The normalized spacial score (nSPS) is 12.4. The van der Waals surface area contributed by atoms with Crippen LogP contribution < -0.4 is 4.72 Å². The molecular formula is C32H28N2O3S. The van der Waals surface area contributed by atoms with Gasteiger partial charge in [0, 0.05) is 22.5 Å². The van der Waals surface area contributed by atoms with Crippen molar-refractivity contribution in [3.05, 3.63) is 119 Å². The Hall–Kier alpha value is -4.60. The van der Waals surface area contributed by atoms with Gasteiger partial charge in [-0.2, -0.15) is 0 Å². The molecule has 0 saturated heterocycles. The van der Waals surface area contributed by atoms with Crippen molar-refractivity contribution in [2.45, 2.75) is 18.7 Å². The fourth-order valence-corrected chi connectivity index (χ4v) is 5.56. The second-order valence-electron chi connectivity index (χ2n) is 8.78. The highest BCUT2D eigenvalue weighted by molar-refractivity contribution is 8.01. The number of allylic oxidation sites excluding steroid dienone is 2. The molecule has 1 atom stereocenters. The Morgan fingerprint density at radius 2 is 1.68 bits per heavy atom. The number of anilines is 1. The average Bonchev–Trinajstić information content (AvgIpc) is 2.91. The summed E-state index contributed by atoms with van der Waals surface area (Å²) in [5.74, 6) is 9.88. The predicted molar refractivity (Wildman–Crippen MR) is 158 cm³/mol.